The second-order valence-corrected chi connectivity index (χ2v) is 7.63. The summed E-state index contributed by atoms with van der Waals surface area (Å²) in [4.78, 5) is 26.3. The molecule has 1 atom stereocenters. The Morgan fingerprint density at radius 3 is 2.28 bits per heavy atom. The highest BCUT2D eigenvalue weighted by molar-refractivity contribution is 5.65. The van der Waals surface area contributed by atoms with Gasteiger partial charge in [-0.1, -0.05) is 24.3 Å². The number of hydrogen-bond donors (Lipinski definition) is 2. The molecule has 172 valence electrons. The lowest BCUT2D eigenvalue weighted by Crippen LogP contribution is -2.46. The minimum Gasteiger partial charge on any atom is -0.450 e. The summed E-state index contributed by atoms with van der Waals surface area (Å²) in [7, 11) is 0. The van der Waals surface area contributed by atoms with E-state index in [1.54, 1.807) is 12.1 Å². The molecule has 9 heteroatoms. The Labute approximate surface area is 186 Å². The van der Waals surface area contributed by atoms with Gasteiger partial charge in [0.05, 0.1) is 6.61 Å². The van der Waals surface area contributed by atoms with Crippen LogP contribution in [0.15, 0.2) is 48.5 Å². The van der Waals surface area contributed by atoms with Crippen LogP contribution in [0.2, 0.25) is 0 Å². The number of nitrogens with two attached hydrogens (primary N) is 1. The predicted molar refractivity (Wildman–Crippen MR) is 117 cm³/mol. The SMILES string of the molecule is NC(=O)OC(CCN1CCN(c2ccc(CCOC(=O)O)cc2)CC1)c1ccc(F)cc1. The van der Waals surface area contributed by atoms with Gasteiger partial charge in [-0.15, -0.1) is 0 Å². The third kappa shape index (κ3) is 7.12. The van der Waals surface area contributed by atoms with Crippen LogP contribution in [0.4, 0.5) is 19.7 Å². The number of benzene rings is 2. The molecule has 32 heavy (non-hydrogen) atoms. The van der Waals surface area contributed by atoms with E-state index < -0.39 is 18.4 Å². The molecule has 0 spiro atoms. The first-order valence-electron chi connectivity index (χ1n) is 10.5. The van der Waals surface area contributed by atoms with Crippen molar-refractivity contribution in [2.24, 2.45) is 5.73 Å². The molecule has 1 amide bonds. The summed E-state index contributed by atoms with van der Waals surface area (Å²) in [5.74, 6) is -0.343. The van der Waals surface area contributed by atoms with Gasteiger partial charge in [0.1, 0.15) is 11.9 Å². The summed E-state index contributed by atoms with van der Waals surface area (Å²) in [6, 6.07) is 14.0. The zero-order valence-electron chi connectivity index (χ0n) is 17.8. The first-order valence-corrected chi connectivity index (χ1v) is 10.5. The molecule has 1 unspecified atom stereocenters. The van der Waals surface area contributed by atoms with Gasteiger partial charge < -0.3 is 25.2 Å². The van der Waals surface area contributed by atoms with Crippen molar-refractivity contribution in [2.75, 3.05) is 44.2 Å². The fourth-order valence-corrected chi connectivity index (χ4v) is 3.77. The third-order valence-electron chi connectivity index (χ3n) is 5.50. The summed E-state index contributed by atoms with van der Waals surface area (Å²) in [6.07, 6.45) is -1.50. The predicted octanol–water partition coefficient (Wildman–Crippen LogP) is 3.41. The van der Waals surface area contributed by atoms with Gasteiger partial charge in [0, 0.05) is 51.3 Å². The molecule has 2 aromatic carbocycles. The molecule has 1 fully saturated rings. The molecule has 3 rings (SSSR count). The summed E-state index contributed by atoms with van der Waals surface area (Å²) in [6.45, 7) is 4.32. The Morgan fingerprint density at radius 2 is 1.69 bits per heavy atom. The Hall–Kier alpha value is -3.33. The van der Waals surface area contributed by atoms with E-state index in [0.29, 0.717) is 12.8 Å². The van der Waals surface area contributed by atoms with E-state index >= 15 is 0 Å². The molecule has 1 aliphatic rings. The molecule has 0 bridgehead atoms. The minimum atomic E-state index is -1.26. The summed E-state index contributed by atoms with van der Waals surface area (Å²) < 4.78 is 23.0. The van der Waals surface area contributed by atoms with Crippen LogP contribution < -0.4 is 10.6 Å². The Morgan fingerprint density at radius 1 is 1.03 bits per heavy atom. The number of hydrogen-bond acceptors (Lipinski definition) is 6. The molecule has 0 aromatic heterocycles. The highest BCUT2D eigenvalue weighted by Crippen LogP contribution is 2.23. The zero-order chi connectivity index (χ0) is 22.9. The fraction of sp³-hybridized carbons (Fsp3) is 0.391. The fourth-order valence-electron chi connectivity index (χ4n) is 3.77. The first-order chi connectivity index (χ1) is 15.4. The van der Waals surface area contributed by atoms with E-state index in [9.17, 15) is 14.0 Å². The lowest BCUT2D eigenvalue weighted by atomic mass is 10.1. The van der Waals surface area contributed by atoms with Crippen molar-refractivity contribution in [1.82, 2.24) is 4.90 Å². The van der Waals surface area contributed by atoms with Gasteiger partial charge >= 0.3 is 12.2 Å². The second-order valence-electron chi connectivity index (χ2n) is 7.63. The molecule has 0 saturated carbocycles. The largest absolute Gasteiger partial charge is 0.505 e. The maximum Gasteiger partial charge on any atom is 0.505 e. The lowest BCUT2D eigenvalue weighted by Gasteiger charge is -2.36. The molecule has 2 aromatic rings. The number of amides is 1. The summed E-state index contributed by atoms with van der Waals surface area (Å²) in [5, 5.41) is 8.53. The van der Waals surface area contributed by atoms with Crippen LogP contribution in [0.5, 0.6) is 0 Å². The Bertz CT molecular complexity index is 884. The van der Waals surface area contributed by atoms with Gasteiger partial charge in [0.2, 0.25) is 0 Å². The van der Waals surface area contributed by atoms with Crippen LogP contribution in [0.3, 0.4) is 0 Å². The average Bonchev–Trinajstić information content (AvgIpc) is 2.78. The number of nitrogens with zero attached hydrogens (tertiary/aromatic N) is 2. The molecule has 1 aliphatic heterocycles. The number of piperazine rings is 1. The quantitative estimate of drug-likeness (QED) is 0.570. The number of anilines is 1. The number of rotatable bonds is 9. The average molecular weight is 445 g/mol. The van der Waals surface area contributed by atoms with E-state index in [1.807, 2.05) is 24.3 Å². The van der Waals surface area contributed by atoms with Crippen molar-refractivity contribution in [3.63, 3.8) is 0 Å². The van der Waals surface area contributed by atoms with E-state index in [2.05, 4.69) is 14.5 Å². The molecule has 1 heterocycles. The molecular weight excluding hydrogens is 417 g/mol. The number of ether oxygens (including phenoxy) is 2. The standard InChI is InChI=1S/C23H28FN3O5/c24-19-5-3-18(4-6-19)21(32-22(25)28)9-11-26-12-14-27(15-13-26)20-7-1-17(2-8-20)10-16-31-23(29)30/h1-8,21H,9-16H2,(H2,25,28)(H,29,30). The van der Waals surface area contributed by atoms with Gasteiger partial charge in [-0.05, 0) is 35.4 Å². The van der Waals surface area contributed by atoms with Crippen LogP contribution >= 0.6 is 0 Å². The van der Waals surface area contributed by atoms with Crippen LogP contribution in [-0.2, 0) is 15.9 Å². The molecule has 1 saturated heterocycles. The minimum absolute atomic E-state index is 0.145. The number of halogens is 1. The number of primary amides is 1. The van der Waals surface area contributed by atoms with Crippen molar-refractivity contribution in [3.05, 3.63) is 65.5 Å². The van der Waals surface area contributed by atoms with Crippen LogP contribution in [0, 0.1) is 5.82 Å². The number of carbonyl (C=O) groups is 2. The monoisotopic (exact) mass is 445 g/mol. The molecule has 0 radical (unpaired) electrons. The Kier molecular flexibility index (Phi) is 8.27. The number of carbonyl (C=O) groups excluding carboxylic acids is 1. The molecule has 8 nitrogen and oxygen atoms in total. The molecular formula is C23H28FN3O5. The van der Waals surface area contributed by atoms with Gasteiger partial charge in [0.15, 0.2) is 0 Å². The van der Waals surface area contributed by atoms with E-state index in [4.69, 9.17) is 15.6 Å². The summed E-state index contributed by atoms with van der Waals surface area (Å²) >= 11 is 0. The second kappa shape index (κ2) is 11.3. The van der Waals surface area contributed by atoms with Crippen LogP contribution in [0.1, 0.15) is 23.7 Å². The highest BCUT2D eigenvalue weighted by Gasteiger charge is 2.21. The topological polar surface area (TPSA) is 105 Å². The maximum atomic E-state index is 13.2. The summed E-state index contributed by atoms with van der Waals surface area (Å²) in [5.41, 5.74) is 8.08. The van der Waals surface area contributed by atoms with E-state index in [-0.39, 0.29) is 12.4 Å². The van der Waals surface area contributed by atoms with Crippen LogP contribution in [0.25, 0.3) is 0 Å². The van der Waals surface area contributed by atoms with Gasteiger partial charge in [-0.2, -0.15) is 0 Å². The first kappa shape index (κ1) is 23.3. The zero-order valence-corrected chi connectivity index (χ0v) is 17.8. The third-order valence-corrected chi connectivity index (χ3v) is 5.50. The van der Waals surface area contributed by atoms with Crippen molar-refractivity contribution < 1.29 is 28.6 Å². The molecule has 3 N–H and O–H groups in total. The van der Waals surface area contributed by atoms with Gasteiger partial charge in [0.25, 0.3) is 0 Å². The van der Waals surface area contributed by atoms with Gasteiger partial charge in [-0.25, -0.2) is 14.0 Å². The smallest absolute Gasteiger partial charge is 0.450 e. The van der Waals surface area contributed by atoms with Crippen molar-refractivity contribution in [3.8, 4) is 0 Å². The molecule has 0 aliphatic carbocycles. The van der Waals surface area contributed by atoms with Crippen molar-refractivity contribution in [2.45, 2.75) is 18.9 Å². The number of carboxylic acid groups (broad SMARTS) is 1. The van der Waals surface area contributed by atoms with Crippen molar-refractivity contribution >= 4 is 17.9 Å². The van der Waals surface area contributed by atoms with Crippen molar-refractivity contribution in [1.29, 1.82) is 0 Å². The normalized spacial score (nSPS) is 15.2. The highest BCUT2D eigenvalue weighted by atomic mass is 19.1. The van der Waals surface area contributed by atoms with E-state index in [1.165, 1.54) is 12.1 Å². The maximum absolute atomic E-state index is 13.2. The van der Waals surface area contributed by atoms with E-state index in [0.717, 1.165) is 49.5 Å². The lowest BCUT2D eigenvalue weighted by molar-refractivity contribution is 0.0906. The Balaban J connectivity index is 1.46. The van der Waals surface area contributed by atoms with Gasteiger partial charge in [-0.3, -0.25) is 4.90 Å². The van der Waals surface area contributed by atoms with Crippen LogP contribution in [-0.4, -0.2) is 61.6 Å².